The number of pyridine rings is 1. The summed E-state index contributed by atoms with van der Waals surface area (Å²) in [6.45, 7) is 0. The molecule has 1 N–H and O–H groups in total. The topological polar surface area (TPSA) is 36.3 Å². The molecule has 8 heteroatoms. The molecular formula is C26H23ClFN5S. The summed E-state index contributed by atoms with van der Waals surface area (Å²) in [5, 5.41) is 4.17. The first-order chi connectivity index (χ1) is 16.4. The molecule has 2 aromatic heterocycles. The lowest BCUT2D eigenvalue weighted by Crippen LogP contribution is -2.30. The van der Waals surface area contributed by atoms with Crippen LogP contribution in [0.2, 0.25) is 5.02 Å². The van der Waals surface area contributed by atoms with Crippen LogP contribution in [0.25, 0.3) is 5.69 Å². The normalized spacial score (nSPS) is 17.6. The van der Waals surface area contributed by atoms with Gasteiger partial charge in [0.2, 0.25) is 0 Å². The van der Waals surface area contributed by atoms with Crippen molar-refractivity contribution in [1.82, 2.24) is 14.9 Å². The Morgan fingerprint density at radius 3 is 2.44 bits per heavy atom. The van der Waals surface area contributed by atoms with Gasteiger partial charge in [-0.15, -0.1) is 0 Å². The zero-order chi connectivity index (χ0) is 23.8. The van der Waals surface area contributed by atoms with E-state index in [2.05, 4.69) is 50.4 Å². The number of halogens is 2. The van der Waals surface area contributed by atoms with Crippen LogP contribution in [0.4, 0.5) is 15.8 Å². The minimum Gasteiger partial charge on any atom is -0.378 e. The number of benzene rings is 2. The van der Waals surface area contributed by atoms with Crippen molar-refractivity contribution in [2.24, 2.45) is 0 Å². The first-order valence-corrected chi connectivity index (χ1v) is 11.6. The maximum absolute atomic E-state index is 13.9. The molecule has 0 unspecified atom stereocenters. The molecule has 2 atom stereocenters. The molecule has 3 heterocycles. The van der Waals surface area contributed by atoms with E-state index in [1.54, 1.807) is 18.3 Å². The van der Waals surface area contributed by atoms with Gasteiger partial charge in [-0.3, -0.25) is 4.98 Å². The van der Waals surface area contributed by atoms with E-state index in [0.29, 0.717) is 5.11 Å². The van der Waals surface area contributed by atoms with Crippen LogP contribution in [-0.2, 0) is 0 Å². The molecule has 0 radical (unpaired) electrons. The number of rotatable bonds is 5. The van der Waals surface area contributed by atoms with E-state index in [1.165, 1.54) is 6.07 Å². The zero-order valence-corrected chi connectivity index (χ0v) is 20.3. The third-order valence-corrected chi connectivity index (χ3v) is 6.61. The van der Waals surface area contributed by atoms with E-state index < -0.39 is 5.82 Å². The number of thiocarbonyl (C=S) groups is 1. The van der Waals surface area contributed by atoms with E-state index in [1.807, 2.05) is 49.1 Å². The van der Waals surface area contributed by atoms with Gasteiger partial charge in [0.25, 0.3) is 0 Å². The van der Waals surface area contributed by atoms with Crippen molar-refractivity contribution in [1.29, 1.82) is 0 Å². The highest BCUT2D eigenvalue weighted by atomic mass is 35.5. The van der Waals surface area contributed by atoms with Gasteiger partial charge in [-0.05, 0) is 78.9 Å². The lowest BCUT2D eigenvalue weighted by molar-refractivity contribution is 0.549. The third kappa shape index (κ3) is 4.02. The van der Waals surface area contributed by atoms with Crippen LogP contribution in [0.15, 0.2) is 85.2 Å². The maximum atomic E-state index is 13.9. The maximum Gasteiger partial charge on any atom is 0.174 e. The van der Waals surface area contributed by atoms with Crippen molar-refractivity contribution in [3.05, 3.63) is 107 Å². The number of hydrogen-bond donors (Lipinski definition) is 1. The molecule has 0 spiro atoms. The summed E-state index contributed by atoms with van der Waals surface area (Å²) in [6.07, 6.45) is 3.73. The highest BCUT2D eigenvalue weighted by Gasteiger charge is 2.42. The number of nitrogens with zero attached hydrogens (tertiary/aromatic N) is 4. The molecular weight excluding hydrogens is 469 g/mol. The van der Waals surface area contributed by atoms with Gasteiger partial charge in [0, 0.05) is 49.2 Å². The first kappa shape index (κ1) is 22.4. The van der Waals surface area contributed by atoms with Gasteiger partial charge >= 0.3 is 0 Å². The summed E-state index contributed by atoms with van der Waals surface area (Å²) in [4.78, 5) is 8.79. The molecule has 1 aliphatic rings. The molecule has 0 aliphatic carbocycles. The van der Waals surface area contributed by atoms with Gasteiger partial charge in [-0.1, -0.05) is 17.7 Å². The monoisotopic (exact) mass is 491 g/mol. The van der Waals surface area contributed by atoms with Crippen LogP contribution in [0.5, 0.6) is 0 Å². The van der Waals surface area contributed by atoms with Crippen LogP contribution < -0.4 is 15.1 Å². The molecule has 0 amide bonds. The largest absolute Gasteiger partial charge is 0.378 e. The first-order valence-electron chi connectivity index (χ1n) is 10.8. The predicted molar refractivity (Wildman–Crippen MR) is 139 cm³/mol. The smallest absolute Gasteiger partial charge is 0.174 e. The average molecular weight is 492 g/mol. The predicted octanol–water partition coefficient (Wildman–Crippen LogP) is 5.91. The number of anilines is 2. The standard InChI is InChI=1S/C26H23ClFN5S/c1-31(2)17-8-10-18(11-9-17)33-25(24(30-26(33)34)22-6-3-4-14-29-22)23-7-5-15-32(23)19-12-13-21(28)20(27)16-19/h3-16,24-25H,1-2H3,(H,30,34)/t24-,25-/m1/s1. The Kier molecular flexibility index (Phi) is 5.98. The molecule has 1 fully saturated rings. The highest BCUT2D eigenvalue weighted by molar-refractivity contribution is 7.80. The van der Waals surface area contributed by atoms with Crippen molar-refractivity contribution < 1.29 is 4.39 Å². The summed E-state index contributed by atoms with van der Waals surface area (Å²) < 4.78 is 15.9. The lowest BCUT2D eigenvalue weighted by Gasteiger charge is -2.29. The Labute approximate surface area is 208 Å². The molecule has 172 valence electrons. The number of nitrogens with one attached hydrogen (secondary N) is 1. The van der Waals surface area contributed by atoms with Crippen LogP contribution in [0, 0.1) is 5.82 Å². The SMILES string of the molecule is CN(C)c1ccc(N2C(=S)N[C@H](c3ccccn3)[C@H]2c2cccn2-c2ccc(F)c(Cl)c2)cc1. The van der Waals surface area contributed by atoms with Gasteiger partial charge in [-0.25, -0.2) is 4.39 Å². The summed E-state index contributed by atoms with van der Waals surface area (Å²) >= 11 is 11.9. The fourth-order valence-electron chi connectivity index (χ4n) is 4.35. The molecule has 1 aliphatic heterocycles. The van der Waals surface area contributed by atoms with E-state index >= 15 is 0 Å². The second kappa shape index (κ2) is 9.08. The molecule has 0 bridgehead atoms. The van der Waals surface area contributed by atoms with Crippen LogP contribution >= 0.6 is 23.8 Å². The second-order valence-corrected chi connectivity index (χ2v) is 9.10. The zero-order valence-electron chi connectivity index (χ0n) is 18.7. The van der Waals surface area contributed by atoms with Crippen molar-refractivity contribution in [3.8, 4) is 5.69 Å². The van der Waals surface area contributed by atoms with E-state index in [-0.39, 0.29) is 17.1 Å². The van der Waals surface area contributed by atoms with Crippen molar-refractivity contribution in [3.63, 3.8) is 0 Å². The van der Waals surface area contributed by atoms with Crippen LogP contribution in [-0.4, -0.2) is 28.8 Å². The van der Waals surface area contributed by atoms with Gasteiger partial charge in [0.1, 0.15) is 11.9 Å². The molecule has 1 saturated heterocycles. The summed E-state index contributed by atoms with van der Waals surface area (Å²) in [5.74, 6) is -0.447. The second-order valence-electron chi connectivity index (χ2n) is 8.31. The Balaban J connectivity index is 1.64. The van der Waals surface area contributed by atoms with E-state index in [4.69, 9.17) is 23.8 Å². The summed E-state index contributed by atoms with van der Waals surface area (Å²) in [7, 11) is 4.02. The summed E-state index contributed by atoms with van der Waals surface area (Å²) in [5.41, 5.74) is 4.70. The Hall–Kier alpha value is -3.42. The average Bonchev–Trinajstić information content (AvgIpc) is 3.45. The van der Waals surface area contributed by atoms with Crippen LogP contribution in [0.1, 0.15) is 23.5 Å². The molecule has 5 rings (SSSR count). The molecule has 5 nitrogen and oxygen atoms in total. The highest BCUT2D eigenvalue weighted by Crippen LogP contribution is 2.42. The molecule has 34 heavy (non-hydrogen) atoms. The van der Waals surface area contributed by atoms with Crippen molar-refractivity contribution in [2.45, 2.75) is 12.1 Å². The van der Waals surface area contributed by atoms with Gasteiger partial charge < -0.3 is 19.7 Å². The van der Waals surface area contributed by atoms with Crippen molar-refractivity contribution >= 4 is 40.3 Å². The summed E-state index contributed by atoms with van der Waals surface area (Å²) in [6, 6.07) is 22.5. The van der Waals surface area contributed by atoms with Gasteiger partial charge in [0.15, 0.2) is 5.11 Å². The van der Waals surface area contributed by atoms with E-state index in [9.17, 15) is 4.39 Å². The Morgan fingerprint density at radius 1 is 1.00 bits per heavy atom. The van der Waals surface area contributed by atoms with Crippen LogP contribution in [0.3, 0.4) is 0 Å². The van der Waals surface area contributed by atoms with E-state index in [0.717, 1.165) is 28.5 Å². The lowest BCUT2D eigenvalue weighted by atomic mass is 10.0. The third-order valence-electron chi connectivity index (χ3n) is 6.01. The molecule has 4 aromatic rings. The minimum absolute atomic E-state index is 0.0784. The minimum atomic E-state index is -0.447. The molecule has 2 aromatic carbocycles. The Bertz CT molecular complexity index is 1320. The van der Waals surface area contributed by atoms with Gasteiger partial charge in [0.05, 0.1) is 16.8 Å². The fourth-order valence-corrected chi connectivity index (χ4v) is 4.87. The Morgan fingerprint density at radius 2 is 1.76 bits per heavy atom. The molecule has 0 saturated carbocycles. The quantitative estimate of drug-likeness (QED) is 0.351. The number of hydrogen-bond acceptors (Lipinski definition) is 3. The fraction of sp³-hybridized carbons (Fsp3) is 0.154. The van der Waals surface area contributed by atoms with Gasteiger partial charge in [-0.2, -0.15) is 0 Å². The van der Waals surface area contributed by atoms with Crippen molar-refractivity contribution in [2.75, 3.05) is 23.9 Å². The number of aromatic nitrogens is 2.